The van der Waals surface area contributed by atoms with Gasteiger partial charge in [-0.1, -0.05) is 84.6 Å². The first-order chi connectivity index (χ1) is 28.7. The van der Waals surface area contributed by atoms with E-state index in [9.17, 15) is 19.2 Å². The second kappa shape index (κ2) is 13.3. The number of esters is 4. The molecule has 0 bridgehead atoms. The summed E-state index contributed by atoms with van der Waals surface area (Å²) < 4.78 is 20.7. The molecule has 9 aromatic rings. The molecule has 59 heavy (non-hydrogen) atoms. The molecule has 0 aromatic heterocycles. The standard InChI is InChI=1S/C51H34O8/c1-56-47(52)31-14-11-27(12-15-31)13-22-35-38-25-51(49(54)58-3,50(55)59-4)26-39(38)43-36-23-20-28-7-5-9-33-34-10-6-8-29-21-24-37(46(41(29)34)45(36)40(28)33)44(43)42(35)30-16-18-32(19-17-30)48(53)57-2/h5-12,14-21,23-24H,25-26H2,1-4H3. The molecule has 9 aromatic carbocycles. The fraction of sp³-hybridized carbons (Fsp3) is 0.137. The first-order valence-corrected chi connectivity index (χ1v) is 19.1. The van der Waals surface area contributed by atoms with E-state index in [0.29, 0.717) is 22.3 Å². The van der Waals surface area contributed by atoms with Crippen molar-refractivity contribution in [3.63, 3.8) is 0 Å². The van der Waals surface area contributed by atoms with Crippen molar-refractivity contribution >= 4 is 88.5 Å². The highest BCUT2D eigenvalue weighted by Gasteiger charge is 2.54. The highest BCUT2D eigenvalue weighted by atomic mass is 16.5. The van der Waals surface area contributed by atoms with Crippen LogP contribution in [-0.4, -0.2) is 52.3 Å². The van der Waals surface area contributed by atoms with Crippen LogP contribution in [0.3, 0.4) is 0 Å². The minimum Gasteiger partial charge on any atom is -0.468 e. The van der Waals surface area contributed by atoms with Crippen molar-refractivity contribution in [2.75, 3.05) is 28.4 Å². The van der Waals surface area contributed by atoms with Crippen LogP contribution < -0.4 is 0 Å². The molecule has 0 unspecified atom stereocenters. The number of hydrogen-bond donors (Lipinski definition) is 0. The molecule has 0 spiro atoms. The minimum atomic E-state index is -1.68. The molecular weight excluding hydrogens is 741 g/mol. The molecule has 0 saturated carbocycles. The van der Waals surface area contributed by atoms with Crippen molar-refractivity contribution in [2.24, 2.45) is 5.41 Å². The Kier molecular flexibility index (Phi) is 8.08. The van der Waals surface area contributed by atoms with Crippen LogP contribution in [0.25, 0.3) is 75.8 Å². The van der Waals surface area contributed by atoms with Crippen LogP contribution in [-0.2, 0) is 41.4 Å². The van der Waals surface area contributed by atoms with E-state index in [2.05, 4.69) is 72.5 Å². The molecular formula is C51H34O8. The Balaban J connectivity index is 1.43. The Morgan fingerprint density at radius 1 is 0.475 bits per heavy atom. The number of hydrogen-bond acceptors (Lipinski definition) is 8. The highest BCUT2D eigenvalue weighted by molar-refractivity contribution is 6.45. The molecule has 0 atom stereocenters. The van der Waals surface area contributed by atoms with Crippen molar-refractivity contribution in [3.8, 4) is 23.0 Å². The van der Waals surface area contributed by atoms with Gasteiger partial charge in [-0.05, 0) is 118 Å². The van der Waals surface area contributed by atoms with Crippen molar-refractivity contribution < 1.29 is 38.1 Å². The molecule has 1 aliphatic carbocycles. The van der Waals surface area contributed by atoms with Gasteiger partial charge < -0.3 is 18.9 Å². The van der Waals surface area contributed by atoms with Crippen molar-refractivity contribution in [1.82, 2.24) is 0 Å². The fourth-order valence-corrected chi connectivity index (χ4v) is 9.64. The SMILES string of the molecule is COC(=O)c1ccc(C#Cc2c3c(c4c5ccc6cccc7c8cccc9ccc(c4c2-c2ccc(C(=O)OC)cc2)c(c98)c5c67)CC(C(=O)OC)(C(=O)OC)C3)cc1. The van der Waals surface area contributed by atoms with Gasteiger partial charge in [0.15, 0.2) is 5.41 Å². The van der Waals surface area contributed by atoms with Crippen LogP contribution in [0.2, 0.25) is 0 Å². The van der Waals surface area contributed by atoms with Crippen LogP contribution in [0.1, 0.15) is 43.0 Å². The number of methoxy groups -OCH3 is 4. The zero-order chi connectivity index (χ0) is 40.7. The molecule has 0 amide bonds. The first kappa shape index (κ1) is 35.9. The predicted molar refractivity (Wildman–Crippen MR) is 228 cm³/mol. The van der Waals surface area contributed by atoms with Gasteiger partial charge in [0.05, 0.1) is 39.6 Å². The number of fused-ring (bicyclic) bond motifs is 6. The average molecular weight is 775 g/mol. The summed E-state index contributed by atoms with van der Waals surface area (Å²) in [6.07, 6.45) is 0.0117. The Morgan fingerprint density at radius 2 is 0.983 bits per heavy atom. The van der Waals surface area contributed by atoms with E-state index in [4.69, 9.17) is 18.9 Å². The predicted octanol–water partition coefficient (Wildman–Crippen LogP) is 9.55. The summed E-state index contributed by atoms with van der Waals surface area (Å²) in [4.78, 5) is 52.9. The summed E-state index contributed by atoms with van der Waals surface area (Å²) in [5.74, 6) is 4.55. The number of carbonyl (C=O) groups excluding carboxylic acids is 4. The van der Waals surface area contributed by atoms with E-state index in [1.807, 2.05) is 12.1 Å². The van der Waals surface area contributed by atoms with Gasteiger partial charge in [0.25, 0.3) is 0 Å². The maximum absolute atomic E-state index is 14.0. The van der Waals surface area contributed by atoms with Crippen LogP contribution >= 0.6 is 0 Å². The van der Waals surface area contributed by atoms with Gasteiger partial charge in [0, 0.05) is 29.5 Å². The van der Waals surface area contributed by atoms with Gasteiger partial charge in [-0.25, -0.2) is 9.59 Å². The van der Waals surface area contributed by atoms with E-state index in [1.54, 1.807) is 36.4 Å². The molecule has 0 heterocycles. The molecule has 8 heteroatoms. The van der Waals surface area contributed by atoms with Crippen LogP contribution in [0.5, 0.6) is 0 Å². The molecule has 1 aliphatic rings. The summed E-state index contributed by atoms with van der Waals surface area (Å²) in [6, 6.07) is 35.5. The number of ether oxygens (including phenoxy) is 4. The van der Waals surface area contributed by atoms with Crippen molar-refractivity contribution in [2.45, 2.75) is 12.8 Å². The van der Waals surface area contributed by atoms with Crippen LogP contribution in [0.4, 0.5) is 0 Å². The fourth-order valence-electron chi connectivity index (χ4n) is 9.64. The van der Waals surface area contributed by atoms with E-state index in [-0.39, 0.29) is 12.8 Å². The lowest BCUT2D eigenvalue weighted by molar-refractivity contribution is -0.168. The van der Waals surface area contributed by atoms with Crippen LogP contribution in [0, 0.1) is 17.3 Å². The molecule has 0 aliphatic heterocycles. The lowest BCUT2D eigenvalue weighted by Gasteiger charge is -2.24. The second-order valence-electron chi connectivity index (χ2n) is 15.0. The van der Waals surface area contributed by atoms with Gasteiger partial charge in [0.1, 0.15) is 0 Å². The molecule has 0 saturated heterocycles. The van der Waals surface area contributed by atoms with E-state index < -0.39 is 29.3 Å². The lowest BCUT2D eigenvalue weighted by Crippen LogP contribution is -2.42. The molecule has 0 N–H and O–H groups in total. The third-order valence-corrected chi connectivity index (χ3v) is 12.2. The second-order valence-corrected chi connectivity index (χ2v) is 15.0. The lowest BCUT2D eigenvalue weighted by atomic mass is 9.78. The third kappa shape index (κ3) is 5.04. The summed E-state index contributed by atoms with van der Waals surface area (Å²) in [5.41, 5.74) is 3.46. The Bertz CT molecular complexity index is 3310. The first-order valence-electron chi connectivity index (χ1n) is 19.1. The summed E-state index contributed by atoms with van der Waals surface area (Å²) in [5, 5.41) is 12.8. The molecule has 0 fully saturated rings. The quantitative estimate of drug-likeness (QED) is 0.0426. The summed E-state index contributed by atoms with van der Waals surface area (Å²) in [6.45, 7) is 0. The van der Waals surface area contributed by atoms with Gasteiger partial charge >= 0.3 is 23.9 Å². The van der Waals surface area contributed by atoms with Crippen LogP contribution in [0.15, 0.2) is 109 Å². The number of rotatable bonds is 5. The van der Waals surface area contributed by atoms with Gasteiger partial charge in [-0.15, -0.1) is 0 Å². The topological polar surface area (TPSA) is 105 Å². The molecule has 0 radical (unpaired) electrons. The van der Waals surface area contributed by atoms with E-state index in [0.717, 1.165) is 86.9 Å². The largest absolute Gasteiger partial charge is 0.468 e. The highest BCUT2D eigenvalue weighted by Crippen LogP contribution is 2.55. The Hall–Kier alpha value is -7.50. The van der Waals surface area contributed by atoms with Crippen molar-refractivity contribution in [1.29, 1.82) is 0 Å². The van der Waals surface area contributed by atoms with Gasteiger partial charge in [-0.3, -0.25) is 9.59 Å². The number of carbonyl (C=O) groups is 4. The van der Waals surface area contributed by atoms with E-state index >= 15 is 0 Å². The maximum atomic E-state index is 14.0. The zero-order valence-electron chi connectivity index (χ0n) is 32.6. The number of benzene rings is 9. The van der Waals surface area contributed by atoms with Crippen molar-refractivity contribution in [3.05, 3.63) is 143 Å². The third-order valence-electron chi connectivity index (χ3n) is 12.2. The normalized spacial score (nSPS) is 13.2. The molecule has 8 nitrogen and oxygen atoms in total. The smallest absolute Gasteiger partial charge is 0.337 e. The van der Waals surface area contributed by atoms with Gasteiger partial charge in [-0.2, -0.15) is 0 Å². The summed E-state index contributed by atoms with van der Waals surface area (Å²) in [7, 11) is 5.25. The average Bonchev–Trinajstić information content (AvgIpc) is 3.70. The minimum absolute atomic E-state index is 0.0175. The summed E-state index contributed by atoms with van der Waals surface area (Å²) >= 11 is 0. The van der Waals surface area contributed by atoms with E-state index in [1.165, 1.54) is 28.4 Å². The monoisotopic (exact) mass is 774 g/mol. The molecule has 10 rings (SSSR count). The van der Waals surface area contributed by atoms with Gasteiger partial charge in [0.2, 0.25) is 0 Å². The zero-order valence-corrected chi connectivity index (χ0v) is 32.6. The molecule has 286 valence electrons. The maximum Gasteiger partial charge on any atom is 0.337 e. The Labute approximate surface area is 337 Å². The Morgan fingerprint density at radius 3 is 1.51 bits per heavy atom.